The number of rotatable bonds is 2. The molecule has 0 radical (unpaired) electrons. The summed E-state index contributed by atoms with van der Waals surface area (Å²) in [5.74, 6) is -0.0996. The van der Waals surface area contributed by atoms with Crippen LogP contribution in [0.1, 0.15) is 36.0 Å². The molecule has 2 nitrogen and oxygen atoms in total. The summed E-state index contributed by atoms with van der Waals surface area (Å²) in [7, 11) is 0. The lowest BCUT2D eigenvalue weighted by Crippen LogP contribution is -2.37. The van der Waals surface area contributed by atoms with Gasteiger partial charge in [0, 0.05) is 26.5 Å². The van der Waals surface area contributed by atoms with E-state index in [9.17, 15) is 4.79 Å². The van der Waals surface area contributed by atoms with Crippen molar-refractivity contribution >= 4 is 45.0 Å². The van der Waals surface area contributed by atoms with Crippen molar-refractivity contribution in [1.29, 1.82) is 0 Å². The first kappa shape index (κ1) is 14.2. The maximum absolute atomic E-state index is 12.1. The maximum Gasteiger partial charge on any atom is 0.251 e. The molecule has 1 aliphatic carbocycles. The van der Waals surface area contributed by atoms with Crippen molar-refractivity contribution in [3.05, 3.63) is 33.8 Å². The lowest BCUT2D eigenvalue weighted by Gasteiger charge is -2.26. The summed E-state index contributed by atoms with van der Waals surface area (Å²) in [6, 6.07) is 5.15. The fraction of sp³-hybridized carbons (Fsp3) is 0.462. The highest BCUT2D eigenvalue weighted by molar-refractivity contribution is 9.09. The van der Waals surface area contributed by atoms with Gasteiger partial charge in [-0.3, -0.25) is 4.79 Å². The third-order valence-electron chi connectivity index (χ3n) is 3.12. The largest absolute Gasteiger partial charge is 0.349 e. The van der Waals surface area contributed by atoms with Gasteiger partial charge in [-0.25, -0.2) is 0 Å². The summed E-state index contributed by atoms with van der Waals surface area (Å²) in [5.41, 5.74) is 0.522. The lowest BCUT2D eigenvalue weighted by molar-refractivity contribution is 0.0928. The van der Waals surface area contributed by atoms with Crippen molar-refractivity contribution in [2.45, 2.75) is 36.6 Å². The van der Waals surface area contributed by atoms with Gasteiger partial charge in [-0.05, 0) is 43.9 Å². The molecule has 1 fully saturated rings. The Bertz CT molecular complexity index is 424. The van der Waals surface area contributed by atoms with Crippen LogP contribution in [0.3, 0.4) is 0 Å². The molecule has 0 unspecified atom stereocenters. The second-order valence-electron chi connectivity index (χ2n) is 4.58. The van der Waals surface area contributed by atoms with Crippen LogP contribution in [0.2, 0.25) is 10.0 Å². The van der Waals surface area contributed by atoms with Crippen LogP contribution in [-0.2, 0) is 0 Å². The molecule has 1 aromatic rings. The van der Waals surface area contributed by atoms with Crippen molar-refractivity contribution < 1.29 is 4.79 Å². The molecule has 1 N–H and O–H groups in total. The van der Waals surface area contributed by atoms with Gasteiger partial charge in [0.05, 0.1) is 0 Å². The molecular weight excluding hydrogens is 337 g/mol. The van der Waals surface area contributed by atoms with Gasteiger partial charge in [0.2, 0.25) is 0 Å². The summed E-state index contributed by atoms with van der Waals surface area (Å²) >= 11 is 15.4. The van der Waals surface area contributed by atoms with Crippen molar-refractivity contribution in [3.8, 4) is 0 Å². The molecule has 0 atom stereocenters. The van der Waals surface area contributed by atoms with Crippen LogP contribution in [-0.4, -0.2) is 16.8 Å². The summed E-state index contributed by atoms with van der Waals surface area (Å²) in [6.07, 6.45) is 4.22. The van der Waals surface area contributed by atoms with Gasteiger partial charge in [0.25, 0.3) is 5.91 Å². The zero-order chi connectivity index (χ0) is 13.1. The number of carbonyl (C=O) groups is 1. The Labute approximate surface area is 125 Å². The zero-order valence-electron chi connectivity index (χ0n) is 9.76. The van der Waals surface area contributed by atoms with Crippen LogP contribution in [0, 0.1) is 0 Å². The minimum atomic E-state index is -0.0996. The molecule has 18 heavy (non-hydrogen) atoms. The summed E-state index contributed by atoms with van der Waals surface area (Å²) in [5, 5.41) is 4.00. The third kappa shape index (κ3) is 3.87. The van der Waals surface area contributed by atoms with E-state index in [0.717, 1.165) is 25.7 Å². The van der Waals surface area contributed by atoms with Gasteiger partial charge in [0.1, 0.15) is 0 Å². The summed E-state index contributed by atoms with van der Waals surface area (Å²) < 4.78 is 0. The Morgan fingerprint density at radius 2 is 1.67 bits per heavy atom. The predicted octanol–water partition coefficient (Wildman–Crippen LogP) is 4.43. The fourth-order valence-electron chi connectivity index (χ4n) is 2.15. The normalized spacial score (nSPS) is 23.7. The fourth-order valence-corrected chi connectivity index (χ4v) is 3.21. The third-order valence-corrected chi connectivity index (χ3v) is 4.47. The molecule has 0 saturated heterocycles. The maximum atomic E-state index is 12.1. The van der Waals surface area contributed by atoms with Gasteiger partial charge in [-0.1, -0.05) is 39.1 Å². The van der Waals surface area contributed by atoms with Crippen molar-refractivity contribution in [1.82, 2.24) is 5.32 Å². The van der Waals surface area contributed by atoms with E-state index in [1.54, 1.807) is 18.2 Å². The molecule has 0 aliphatic heterocycles. The van der Waals surface area contributed by atoms with Crippen LogP contribution in [0.25, 0.3) is 0 Å². The molecule has 0 bridgehead atoms. The molecular formula is C13H14BrCl2NO. The van der Waals surface area contributed by atoms with Crippen molar-refractivity contribution in [2.75, 3.05) is 0 Å². The van der Waals surface area contributed by atoms with E-state index in [0.29, 0.717) is 20.4 Å². The van der Waals surface area contributed by atoms with Crippen LogP contribution in [0.5, 0.6) is 0 Å². The Kier molecular flexibility index (Phi) is 4.93. The number of amides is 1. The number of hydrogen-bond donors (Lipinski definition) is 1. The quantitative estimate of drug-likeness (QED) is 0.785. The Balaban J connectivity index is 1.99. The van der Waals surface area contributed by atoms with E-state index < -0.39 is 0 Å². The van der Waals surface area contributed by atoms with Crippen LogP contribution in [0.15, 0.2) is 18.2 Å². The highest BCUT2D eigenvalue weighted by atomic mass is 79.9. The molecule has 1 aliphatic rings. The van der Waals surface area contributed by atoms with E-state index in [4.69, 9.17) is 23.2 Å². The molecule has 1 amide bonds. The zero-order valence-corrected chi connectivity index (χ0v) is 12.9. The first-order valence-corrected chi connectivity index (χ1v) is 7.63. The lowest BCUT2D eigenvalue weighted by atomic mass is 9.95. The Morgan fingerprint density at radius 1 is 1.11 bits per heavy atom. The number of alkyl halides is 1. The topological polar surface area (TPSA) is 29.1 Å². The number of halogens is 3. The van der Waals surface area contributed by atoms with Crippen LogP contribution in [0.4, 0.5) is 0 Å². The van der Waals surface area contributed by atoms with E-state index in [1.807, 2.05) is 0 Å². The highest BCUT2D eigenvalue weighted by Gasteiger charge is 2.21. The number of benzene rings is 1. The van der Waals surface area contributed by atoms with Gasteiger partial charge in [-0.2, -0.15) is 0 Å². The monoisotopic (exact) mass is 349 g/mol. The predicted molar refractivity (Wildman–Crippen MR) is 78.9 cm³/mol. The minimum absolute atomic E-state index is 0.0996. The number of nitrogens with one attached hydrogen (secondary N) is 1. The second-order valence-corrected chi connectivity index (χ2v) is 6.75. The standard InChI is InChI=1S/C13H14BrCl2NO/c14-9-1-3-12(4-2-9)17-13(18)8-5-10(15)7-11(16)6-8/h5-7,9,12H,1-4H2,(H,17,18). The molecule has 0 aromatic heterocycles. The van der Waals surface area contributed by atoms with Crippen LogP contribution < -0.4 is 5.32 Å². The van der Waals surface area contributed by atoms with Gasteiger partial charge < -0.3 is 5.32 Å². The van der Waals surface area contributed by atoms with Gasteiger partial charge in [-0.15, -0.1) is 0 Å². The molecule has 0 spiro atoms. The molecule has 1 aromatic carbocycles. The molecule has 98 valence electrons. The Hall–Kier alpha value is -0.250. The minimum Gasteiger partial charge on any atom is -0.349 e. The van der Waals surface area contributed by atoms with Crippen LogP contribution >= 0.6 is 39.1 Å². The van der Waals surface area contributed by atoms with Crippen molar-refractivity contribution in [3.63, 3.8) is 0 Å². The number of hydrogen-bond acceptors (Lipinski definition) is 1. The molecule has 2 rings (SSSR count). The first-order valence-electron chi connectivity index (χ1n) is 5.95. The highest BCUT2D eigenvalue weighted by Crippen LogP contribution is 2.25. The van der Waals surface area contributed by atoms with Crippen molar-refractivity contribution in [2.24, 2.45) is 0 Å². The van der Waals surface area contributed by atoms with E-state index in [1.165, 1.54) is 0 Å². The SMILES string of the molecule is O=C(NC1CCC(Br)CC1)c1cc(Cl)cc(Cl)c1. The summed E-state index contributed by atoms with van der Waals surface area (Å²) in [6.45, 7) is 0. The molecule has 1 saturated carbocycles. The molecule has 5 heteroatoms. The first-order chi connectivity index (χ1) is 8.54. The van der Waals surface area contributed by atoms with Gasteiger partial charge in [0.15, 0.2) is 0 Å². The van der Waals surface area contributed by atoms with E-state index >= 15 is 0 Å². The van der Waals surface area contributed by atoms with Gasteiger partial charge >= 0.3 is 0 Å². The number of carbonyl (C=O) groups excluding carboxylic acids is 1. The smallest absolute Gasteiger partial charge is 0.251 e. The Morgan fingerprint density at radius 3 is 2.22 bits per heavy atom. The van der Waals surface area contributed by atoms with E-state index in [-0.39, 0.29) is 11.9 Å². The van der Waals surface area contributed by atoms with E-state index in [2.05, 4.69) is 21.2 Å². The molecule has 0 heterocycles. The average Bonchev–Trinajstić information content (AvgIpc) is 2.31. The summed E-state index contributed by atoms with van der Waals surface area (Å²) in [4.78, 5) is 12.6. The second kappa shape index (κ2) is 6.27. The average molecular weight is 351 g/mol.